The predicted molar refractivity (Wildman–Crippen MR) is 74.5 cm³/mol. The Morgan fingerprint density at radius 1 is 1.53 bits per heavy atom. The minimum atomic E-state index is -1.10. The molecule has 0 aliphatic carbocycles. The molecule has 0 radical (unpaired) electrons. The Morgan fingerprint density at radius 3 is 2.74 bits per heavy atom. The van der Waals surface area contributed by atoms with Gasteiger partial charge in [-0.15, -0.1) is 0 Å². The minimum absolute atomic E-state index is 0.201. The van der Waals surface area contributed by atoms with Crippen molar-refractivity contribution >= 4 is 39.4 Å². The molecule has 0 heterocycles. The van der Waals surface area contributed by atoms with Crippen LogP contribution in [0.2, 0.25) is 5.02 Å². The van der Waals surface area contributed by atoms with Crippen LogP contribution in [0.3, 0.4) is 0 Å². The summed E-state index contributed by atoms with van der Waals surface area (Å²) in [6.07, 6.45) is 0.201. The fourth-order valence-corrected chi connectivity index (χ4v) is 1.87. The van der Waals surface area contributed by atoms with E-state index >= 15 is 0 Å². The molecule has 0 saturated carbocycles. The molecular weight excluding hydrogens is 337 g/mol. The molecule has 0 fully saturated rings. The van der Waals surface area contributed by atoms with E-state index in [2.05, 4.69) is 21.2 Å². The van der Waals surface area contributed by atoms with Gasteiger partial charge in [-0.2, -0.15) is 0 Å². The van der Waals surface area contributed by atoms with Crippen LogP contribution >= 0.6 is 27.5 Å². The van der Waals surface area contributed by atoms with Crippen molar-refractivity contribution in [3.63, 3.8) is 0 Å². The molecule has 19 heavy (non-hydrogen) atoms. The number of methoxy groups -OCH3 is 1. The molecular formula is C12H13BrClNO4. The summed E-state index contributed by atoms with van der Waals surface area (Å²) in [6, 6.07) is 3.64. The molecule has 1 rings (SSSR count). The summed E-state index contributed by atoms with van der Waals surface area (Å²) < 4.78 is 5.38. The molecule has 0 aliphatic heterocycles. The first-order chi connectivity index (χ1) is 8.95. The van der Waals surface area contributed by atoms with E-state index in [4.69, 9.17) is 21.4 Å². The number of rotatable bonds is 6. The third-order valence-corrected chi connectivity index (χ3v) is 3.61. The van der Waals surface area contributed by atoms with Crippen LogP contribution in [0.1, 0.15) is 16.8 Å². The molecule has 1 atom stereocenters. The van der Waals surface area contributed by atoms with Crippen molar-refractivity contribution in [2.24, 2.45) is 0 Å². The van der Waals surface area contributed by atoms with Crippen LogP contribution < -0.4 is 5.32 Å². The molecule has 1 amide bonds. The van der Waals surface area contributed by atoms with Crippen LogP contribution in [0, 0.1) is 0 Å². The van der Waals surface area contributed by atoms with Gasteiger partial charge < -0.3 is 15.2 Å². The van der Waals surface area contributed by atoms with Crippen LogP contribution in [0.25, 0.3) is 0 Å². The summed E-state index contributed by atoms with van der Waals surface area (Å²) in [5.74, 6) is -1.57. The second kappa shape index (κ2) is 7.47. The van der Waals surface area contributed by atoms with Crippen molar-refractivity contribution in [2.75, 3.05) is 13.7 Å². The number of carbonyl (C=O) groups excluding carboxylic acids is 1. The number of amides is 1. The van der Waals surface area contributed by atoms with Gasteiger partial charge in [0.05, 0.1) is 5.02 Å². The highest BCUT2D eigenvalue weighted by Crippen LogP contribution is 2.23. The van der Waals surface area contributed by atoms with Crippen molar-refractivity contribution in [3.05, 3.63) is 33.3 Å². The highest BCUT2D eigenvalue weighted by Gasteiger charge is 2.20. The maximum absolute atomic E-state index is 11.9. The zero-order chi connectivity index (χ0) is 14.4. The van der Waals surface area contributed by atoms with Gasteiger partial charge in [0.15, 0.2) is 0 Å². The Labute approximate surface area is 124 Å². The van der Waals surface area contributed by atoms with Crippen LogP contribution in [0.4, 0.5) is 0 Å². The van der Waals surface area contributed by atoms with Gasteiger partial charge >= 0.3 is 5.97 Å². The molecule has 2 N–H and O–H groups in total. The molecule has 7 heteroatoms. The van der Waals surface area contributed by atoms with Gasteiger partial charge in [0.2, 0.25) is 0 Å². The first kappa shape index (κ1) is 15.9. The van der Waals surface area contributed by atoms with E-state index in [1.807, 2.05) is 0 Å². The molecule has 0 spiro atoms. The fraction of sp³-hybridized carbons (Fsp3) is 0.333. The smallest absolute Gasteiger partial charge is 0.326 e. The standard InChI is InChI=1S/C12H13BrClNO4/c1-19-5-4-10(12(17)18)15-11(16)7-2-3-9(14)8(13)6-7/h2-3,6,10H,4-5H2,1H3,(H,15,16)(H,17,18). The molecule has 0 saturated heterocycles. The summed E-state index contributed by atoms with van der Waals surface area (Å²) in [4.78, 5) is 22.9. The van der Waals surface area contributed by atoms with E-state index in [0.717, 1.165) is 0 Å². The van der Waals surface area contributed by atoms with Crippen molar-refractivity contribution in [3.8, 4) is 0 Å². The highest BCUT2D eigenvalue weighted by molar-refractivity contribution is 9.10. The summed E-state index contributed by atoms with van der Waals surface area (Å²) in [6.45, 7) is 0.252. The first-order valence-electron chi connectivity index (χ1n) is 5.43. The Kier molecular flexibility index (Phi) is 6.27. The van der Waals surface area contributed by atoms with Crippen LogP contribution in [-0.2, 0) is 9.53 Å². The van der Waals surface area contributed by atoms with Crippen LogP contribution in [0.15, 0.2) is 22.7 Å². The maximum Gasteiger partial charge on any atom is 0.326 e. The average molecular weight is 351 g/mol. The second-order valence-corrected chi connectivity index (χ2v) is 5.04. The van der Waals surface area contributed by atoms with Crippen molar-refractivity contribution in [1.82, 2.24) is 5.32 Å². The number of carboxylic acid groups (broad SMARTS) is 1. The molecule has 0 aliphatic rings. The van der Waals surface area contributed by atoms with Crippen LogP contribution in [-0.4, -0.2) is 36.7 Å². The Balaban J connectivity index is 2.75. The number of nitrogens with one attached hydrogen (secondary N) is 1. The average Bonchev–Trinajstić information content (AvgIpc) is 2.37. The summed E-state index contributed by atoms with van der Waals surface area (Å²) in [5.41, 5.74) is 0.333. The normalized spacial score (nSPS) is 11.9. The van der Waals surface area contributed by atoms with Gasteiger partial charge in [-0.1, -0.05) is 11.6 Å². The summed E-state index contributed by atoms with van der Waals surface area (Å²) >= 11 is 9.02. The van der Waals surface area contributed by atoms with Gasteiger partial charge in [-0.3, -0.25) is 4.79 Å². The van der Waals surface area contributed by atoms with Gasteiger partial charge in [0.25, 0.3) is 5.91 Å². The number of benzene rings is 1. The monoisotopic (exact) mass is 349 g/mol. The third kappa shape index (κ3) is 4.81. The van der Waals surface area contributed by atoms with Crippen LogP contribution in [0.5, 0.6) is 0 Å². The van der Waals surface area contributed by atoms with E-state index in [-0.39, 0.29) is 13.0 Å². The molecule has 5 nitrogen and oxygen atoms in total. The number of hydrogen-bond donors (Lipinski definition) is 2. The zero-order valence-electron chi connectivity index (χ0n) is 10.2. The third-order valence-electron chi connectivity index (χ3n) is 2.40. The van der Waals surface area contributed by atoms with E-state index in [9.17, 15) is 9.59 Å². The lowest BCUT2D eigenvalue weighted by molar-refractivity contribution is -0.139. The van der Waals surface area contributed by atoms with Gasteiger partial charge in [-0.25, -0.2) is 4.79 Å². The van der Waals surface area contributed by atoms with E-state index < -0.39 is 17.9 Å². The van der Waals surface area contributed by atoms with Crippen molar-refractivity contribution in [1.29, 1.82) is 0 Å². The fourth-order valence-electron chi connectivity index (χ4n) is 1.37. The maximum atomic E-state index is 11.9. The number of carbonyl (C=O) groups is 2. The summed E-state index contributed by atoms with van der Waals surface area (Å²) in [7, 11) is 1.47. The quantitative estimate of drug-likeness (QED) is 0.825. The molecule has 0 aromatic heterocycles. The molecule has 1 unspecified atom stereocenters. The van der Waals surface area contributed by atoms with Gasteiger partial charge in [0.1, 0.15) is 6.04 Å². The van der Waals surface area contributed by atoms with E-state index in [0.29, 0.717) is 15.1 Å². The number of ether oxygens (including phenoxy) is 1. The Bertz CT molecular complexity index is 481. The SMILES string of the molecule is COCCC(NC(=O)c1ccc(Cl)c(Br)c1)C(=O)O. The lowest BCUT2D eigenvalue weighted by Crippen LogP contribution is -2.41. The van der Waals surface area contributed by atoms with E-state index in [1.165, 1.54) is 19.2 Å². The second-order valence-electron chi connectivity index (χ2n) is 3.77. The largest absolute Gasteiger partial charge is 0.480 e. The Morgan fingerprint density at radius 2 is 2.21 bits per heavy atom. The van der Waals surface area contributed by atoms with Gasteiger partial charge in [0, 0.05) is 30.2 Å². The number of aliphatic carboxylic acids is 1. The lowest BCUT2D eigenvalue weighted by Gasteiger charge is -2.14. The van der Waals surface area contributed by atoms with Gasteiger partial charge in [-0.05, 0) is 34.1 Å². The number of hydrogen-bond acceptors (Lipinski definition) is 3. The first-order valence-corrected chi connectivity index (χ1v) is 6.60. The molecule has 1 aromatic carbocycles. The molecule has 1 aromatic rings. The Hall–Kier alpha value is -1.11. The zero-order valence-corrected chi connectivity index (χ0v) is 12.5. The van der Waals surface area contributed by atoms with E-state index in [1.54, 1.807) is 6.07 Å². The summed E-state index contributed by atoms with van der Waals surface area (Å²) in [5, 5.41) is 11.9. The predicted octanol–water partition coefficient (Wildman–Crippen LogP) is 2.32. The topological polar surface area (TPSA) is 75.6 Å². The molecule has 104 valence electrons. The number of halogens is 2. The highest BCUT2D eigenvalue weighted by atomic mass is 79.9. The minimum Gasteiger partial charge on any atom is -0.480 e. The van der Waals surface area contributed by atoms with Crippen molar-refractivity contribution < 1.29 is 19.4 Å². The van der Waals surface area contributed by atoms with Crippen molar-refractivity contribution in [2.45, 2.75) is 12.5 Å². The molecule has 0 bridgehead atoms. The number of carboxylic acids is 1. The lowest BCUT2D eigenvalue weighted by atomic mass is 10.1.